The number of hydrogen-bond donors (Lipinski definition) is 0. The number of rotatable bonds is 2. The molecule has 0 unspecified atom stereocenters. The predicted octanol–water partition coefficient (Wildman–Crippen LogP) is 3.11. The molecule has 0 bridgehead atoms. The molecule has 2 aliphatic carbocycles. The number of halogens is 1. The summed E-state index contributed by atoms with van der Waals surface area (Å²) in [4.78, 5) is 11.8. The Bertz CT molecular complexity index is 483. The van der Waals surface area contributed by atoms with E-state index in [0.717, 1.165) is 24.3 Å². The molecule has 2 aliphatic rings. The fourth-order valence-corrected chi connectivity index (χ4v) is 3.33. The summed E-state index contributed by atoms with van der Waals surface area (Å²) in [6, 6.07) is 6.05. The maximum atomic E-state index is 11.8. The highest BCUT2D eigenvalue weighted by molar-refractivity contribution is 6.30. The molecule has 0 heterocycles. The average molecular weight is 251 g/mol. The first-order valence-corrected chi connectivity index (χ1v) is 6.51. The number of ether oxygens (including phenoxy) is 1. The molecule has 1 aromatic rings. The second-order valence-corrected chi connectivity index (χ2v) is 5.40. The monoisotopic (exact) mass is 250 g/mol. The molecule has 0 saturated heterocycles. The summed E-state index contributed by atoms with van der Waals surface area (Å²) in [5.41, 5.74) is 2.68. The molecule has 1 aromatic carbocycles. The number of fused-ring (bicyclic) bond motifs is 2. The van der Waals surface area contributed by atoms with Crippen LogP contribution >= 0.6 is 11.6 Å². The highest BCUT2D eigenvalue weighted by Gasteiger charge is 2.62. The second kappa shape index (κ2) is 3.74. The first-order valence-electron chi connectivity index (χ1n) is 6.13. The van der Waals surface area contributed by atoms with Gasteiger partial charge in [0, 0.05) is 10.4 Å². The van der Waals surface area contributed by atoms with E-state index in [2.05, 4.69) is 6.07 Å². The van der Waals surface area contributed by atoms with Crippen LogP contribution < -0.4 is 0 Å². The highest BCUT2D eigenvalue weighted by Crippen LogP contribution is 2.62. The van der Waals surface area contributed by atoms with Gasteiger partial charge in [0.1, 0.15) is 0 Å². The van der Waals surface area contributed by atoms with E-state index in [1.165, 1.54) is 11.1 Å². The number of aryl methyl sites for hydroxylation is 1. The largest absolute Gasteiger partial charge is 0.466 e. The molecular formula is C14H15ClO2. The van der Waals surface area contributed by atoms with Crippen molar-refractivity contribution in [3.05, 3.63) is 34.3 Å². The number of benzene rings is 1. The van der Waals surface area contributed by atoms with E-state index in [-0.39, 0.29) is 17.3 Å². The third kappa shape index (κ3) is 1.58. The fourth-order valence-electron chi connectivity index (χ4n) is 3.15. The molecule has 0 aliphatic heterocycles. The molecule has 1 saturated carbocycles. The van der Waals surface area contributed by atoms with Crippen molar-refractivity contribution in [1.29, 1.82) is 0 Å². The van der Waals surface area contributed by atoms with Gasteiger partial charge in [0.15, 0.2) is 0 Å². The molecule has 0 amide bonds. The summed E-state index contributed by atoms with van der Waals surface area (Å²) in [6.07, 6.45) is 3.05. The molecular weight excluding hydrogens is 236 g/mol. The Balaban J connectivity index is 1.90. The molecule has 1 spiro atoms. The minimum absolute atomic E-state index is 0.0414. The second-order valence-electron chi connectivity index (χ2n) is 4.97. The smallest absolute Gasteiger partial charge is 0.309 e. The van der Waals surface area contributed by atoms with Crippen LogP contribution in [0, 0.1) is 5.92 Å². The van der Waals surface area contributed by atoms with E-state index in [1.807, 2.05) is 19.1 Å². The summed E-state index contributed by atoms with van der Waals surface area (Å²) in [6.45, 7) is 2.32. The Labute approximate surface area is 106 Å². The van der Waals surface area contributed by atoms with Crippen LogP contribution in [-0.2, 0) is 21.4 Å². The Hall–Kier alpha value is -1.02. The summed E-state index contributed by atoms with van der Waals surface area (Å²) in [5.74, 6) is 0.0162. The van der Waals surface area contributed by atoms with Crippen LogP contribution in [0.25, 0.3) is 0 Å². The molecule has 0 N–H and O–H groups in total. The van der Waals surface area contributed by atoms with Crippen LogP contribution in [-0.4, -0.2) is 12.6 Å². The minimum atomic E-state index is -0.0414. The van der Waals surface area contributed by atoms with Gasteiger partial charge in [-0.3, -0.25) is 4.79 Å². The summed E-state index contributed by atoms with van der Waals surface area (Å²) < 4.78 is 5.13. The Morgan fingerprint density at radius 1 is 1.59 bits per heavy atom. The lowest BCUT2D eigenvalue weighted by molar-refractivity contribution is -0.145. The van der Waals surface area contributed by atoms with Gasteiger partial charge in [0.2, 0.25) is 0 Å². The van der Waals surface area contributed by atoms with Crippen LogP contribution in [0.4, 0.5) is 0 Å². The zero-order chi connectivity index (χ0) is 12.0. The van der Waals surface area contributed by atoms with Crippen molar-refractivity contribution in [2.24, 2.45) is 5.92 Å². The van der Waals surface area contributed by atoms with Crippen LogP contribution in [0.1, 0.15) is 30.9 Å². The zero-order valence-corrected chi connectivity index (χ0v) is 10.6. The molecule has 3 heteroatoms. The van der Waals surface area contributed by atoms with E-state index < -0.39 is 0 Å². The van der Waals surface area contributed by atoms with Gasteiger partial charge in [-0.2, -0.15) is 0 Å². The number of hydrogen-bond acceptors (Lipinski definition) is 2. The SMILES string of the molecule is CCOC(=O)[C@H]1C[C@]12CCc1ccc(Cl)cc12. The quantitative estimate of drug-likeness (QED) is 0.754. The number of esters is 1. The van der Waals surface area contributed by atoms with Crippen molar-refractivity contribution in [2.45, 2.75) is 31.6 Å². The maximum absolute atomic E-state index is 11.8. The van der Waals surface area contributed by atoms with E-state index in [4.69, 9.17) is 16.3 Å². The molecule has 0 aromatic heterocycles. The van der Waals surface area contributed by atoms with Crippen molar-refractivity contribution in [1.82, 2.24) is 0 Å². The van der Waals surface area contributed by atoms with E-state index >= 15 is 0 Å². The maximum Gasteiger partial charge on any atom is 0.309 e. The van der Waals surface area contributed by atoms with Crippen molar-refractivity contribution in [3.8, 4) is 0 Å². The van der Waals surface area contributed by atoms with Gasteiger partial charge >= 0.3 is 5.97 Å². The van der Waals surface area contributed by atoms with Crippen molar-refractivity contribution in [2.75, 3.05) is 6.61 Å². The fraction of sp³-hybridized carbons (Fsp3) is 0.500. The standard InChI is InChI=1S/C14H15ClO2/c1-2-17-13(16)12-8-14(12)6-5-9-3-4-10(15)7-11(9)14/h3-4,7,12H,2,5-6,8H2,1H3/t12-,14+/m1/s1. The van der Waals surface area contributed by atoms with Crippen molar-refractivity contribution in [3.63, 3.8) is 0 Å². The lowest BCUT2D eigenvalue weighted by Gasteiger charge is -2.11. The minimum Gasteiger partial charge on any atom is -0.466 e. The average Bonchev–Trinajstić information content (AvgIpc) is 2.93. The molecule has 2 nitrogen and oxygen atoms in total. The van der Waals surface area contributed by atoms with Crippen LogP contribution in [0.3, 0.4) is 0 Å². The molecule has 2 atom stereocenters. The van der Waals surface area contributed by atoms with Crippen LogP contribution in [0.2, 0.25) is 5.02 Å². The van der Waals surface area contributed by atoms with Crippen molar-refractivity contribution >= 4 is 17.6 Å². The molecule has 90 valence electrons. The Morgan fingerprint density at radius 3 is 3.18 bits per heavy atom. The summed E-state index contributed by atoms with van der Waals surface area (Å²) >= 11 is 6.05. The molecule has 3 rings (SSSR count). The zero-order valence-electron chi connectivity index (χ0n) is 9.83. The number of carbonyl (C=O) groups is 1. The van der Waals surface area contributed by atoms with Gasteiger partial charge in [-0.25, -0.2) is 0 Å². The summed E-state index contributed by atoms with van der Waals surface area (Å²) in [5, 5.41) is 0.763. The first kappa shape index (κ1) is 11.1. The van der Waals surface area contributed by atoms with E-state index in [1.54, 1.807) is 0 Å². The third-order valence-corrected chi connectivity index (χ3v) is 4.33. The van der Waals surface area contributed by atoms with Gasteiger partial charge in [-0.15, -0.1) is 0 Å². The Kier molecular flexibility index (Phi) is 2.44. The first-order chi connectivity index (χ1) is 8.17. The molecule has 0 radical (unpaired) electrons. The van der Waals surface area contributed by atoms with Gasteiger partial charge in [-0.1, -0.05) is 17.7 Å². The molecule has 17 heavy (non-hydrogen) atoms. The van der Waals surface area contributed by atoms with Crippen LogP contribution in [0.15, 0.2) is 18.2 Å². The lowest BCUT2D eigenvalue weighted by atomic mass is 9.95. The highest BCUT2D eigenvalue weighted by atomic mass is 35.5. The predicted molar refractivity (Wildman–Crippen MR) is 66.2 cm³/mol. The number of carbonyl (C=O) groups excluding carboxylic acids is 1. The third-order valence-electron chi connectivity index (χ3n) is 4.10. The van der Waals surface area contributed by atoms with Gasteiger partial charge in [0.05, 0.1) is 12.5 Å². The lowest BCUT2D eigenvalue weighted by Crippen LogP contribution is -2.15. The van der Waals surface area contributed by atoms with Gasteiger partial charge < -0.3 is 4.74 Å². The topological polar surface area (TPSA) is 26.3 Å². The Morgan fingerprint density at radius 2 is 2.41 bits per heavy atom. The summed E-state index contributed by atoms with van der Waals surface area (Å²) in [7, 11) is 0. The van der Waals surface area contributed by atoms with E-state index in [0.29, 0.717) is 6.61 Å². The van der Waals surface area contributed by atoms with Crippen LogP contribution in [0.5, 0.6) is 0 Å². The van der Waals surface area contributed by atoms with E-state index in [9.17, 15) is 4.79 Å². The normalized spacial score (nSPS) is 29.2. The van der Waals surface area contributed by atoms with Gasteiger partial charge in [-0.05, 0) is 49.4 Å². The van der Waals surface area contributed by atoms with Crippen molar-refractivity contribution < 1.29 is 9.53 Å². The molecule has 1 fully saturated rings. The van der Waals surface area contributed by atoms with Gasteiger partial charge in [0.25, 0.3) is 0 Å².